The number of nitrogens with one attached hydrogen (secondary N) is 1. The van der Waals surface area contributed by atoms with E-state index in [2.05, 4.69) is 35.3 Å². The minimum Gasteiger partial charge on any atom is -0.423 e. The van der Waals surface area contributed by atoms with Crippen LogP contribution in [-0.4, -0.2) is 71.9 Å². The Labute approximate surface area is 159 Å². The Hall–Kier alpha value is -3.76. The largest absolute Gasteiger partial charge is 0.423 e. The number of benzene rings is 1. The number of nitrogens with zero attached hydrogens (tertiary/aromatic N) is 8. The molecule has 4 aromatic rings. The minimum atomic E-state index is -0.189. The number of rotatable bonds is 3. The highest BCUT2D eigenvalue weighted by atomic mass is 16.4. The van der Waals surface area contributed by atoms with E-state index in [0.717, 1.165) is 24.1 Å². The van der Waals surface area contributed by atoms with Gasteiger partial charge in [-0.3, -0.25) is 14.5 Å². The van der Waals surface area contributed by atoms with Crippen LogP contribution >= 0.6 is 0 Å². The van der Waals surface area contributed by atoms with Gasteiger partial charge >= 0.3 is 0 Å². The number of aromatic amines is 1. The van der Waals surface area contributed by atoms with Crippen LogP contribution in [0, 0.1) is 0 Å². The molecule has 142 valence electrons. The van der Waals surface area contributed by atoms with E-state index in [0.29, 0.717) is 31.6 Å². The van der Waals surface area contributed by atoms with Gasteiger partial charge in [0.25, 0.3) is 17.9 Å². The Balaban J connectivity index is 1.29. The number of amides is 1. The highest BCUT2D eigenvalue weighted by Crippen LogP contribution is 2.22. The van der Waals surface area contributed by atoms with E-state index in [-0.39, 0.29) is 11.7 Å². The van der Waals surface area contributed by atoms with Crippen LogP contribution in [0.2, 0.25) is 0 Å². The number of hydrogen-bond acceptors (Lipinski definition) is 8. The van der Waals surface area contributed by atoms with Crippen LogP contribution < -0.4 is 4.90 Å². The number of anilines is 1. The van der Waals surface area contributed by atoms with Gasteiger partial charge in [0.15, 0.2) is 5.58 Å². The van der Waals surface area contributed by atoms with Crippen molar-refractivity contribution < 1.29 is 9.21 Å². The van der Waals surface area contributed by atoms with Gasteiger partial charge in [-0.2, -0.15) is 9.97 Å². The van der Waals surface area contributed by atoms with Crippen LogP contribution in [0.5, 0.6) is 0 Å². The maximum absolute atomic E-state index is 12.8. The third kappa shape index (κ3) is 2.96. The van der Waals surface area contributed by atoms with Crippen LogP contribution in [0.1, 0.15) is 17.0 Å². The number of oxazole rings is 1. The minimum absolute atomic E-state index is 0.189. The third-order valence-electron chi connectivity index (χ3n) is 4.66. The fraction of sp³-hybridized carbons (Fsp3) is 0.294. The zero-order chi connectivity index (χ0) is 18.9. The van der Waals surface area contributed by atoms with Crippen molar-refractivity contribution >= 4 is 23.0 Å². The number of hydrogen-bond donors (Lipinski definition) is 1. The summed E-state index contributed by atoms with van der Waals surface area (Å²) in [6, 6.07) is 8.27. The molecule has 1 aliphatic heterocycles. The van der Waals surface area contributed by atoms with Crippen LogP contribution in [0.25, 0.3) is 17.0 Å². The van der Waals surface area contributed by atoms with Crippen molar-refractivity contribution in [3.8, 4) is 5.95 Å². The van der Waals surface area contributed by atoms with Gasteiger partial charge in [-0.15, -0.1) is 15.3 Å². The molecule has 1 fully saturated rings. The lowest BCUT2D eigenvalue weighted by atomic mass is 10.3. The third-order valence-corrected chi connectivity index (χ3v) is 4.66. The summed E-state index contributed by atoms with van der Waals surface area (Å²) in [6.45, 7) is 2.56. The van der Waals surface area contributed by atoms with Crippen molar-refractivity contribution in [3.63, 3.8) is 0 Å². The number of H-pyrrole nitrogens is 1. The van der Waals surface area contributed by atoms with Gasteiger partial charge in [0.1, 0.15) is 18.2 Å². The summed E-state index contributed by atoms with van der Waals surface area (Å²) in [5.41, 5.74) is 1.59. The molecule has 0 saturated carbocycles. The molecule has 0 spiro atoms. The monoisotopic (exact) mass is 379 g/mol. The van der Waals surface area contributed by atoms with Crippen molar-refractivity contribution in [2.45, 2.75) is 6.42 Å². The van der Waals surface area contributed by atoms with E-state index in [4.69, 9.17) is 4.42 Å². The standard InChI is InChI=1S/C17H17N9O2/c27-15(14-21-16(23-22-14)26-10-18-19-11-26)24-6-3-7-25(9-8-24)17-20-12-4-1-2-5-13(12)28-17/h1-2,4-5,10-11H,3,6-9H2,(H,21,22,23). The first-order valence-corrected chi connectivity index (χ1v) is 8.95. The van der Waals surface area contributed by atoms with E-state index < -0.39 is 0 Å². The smallest absolute Gasteiger partial charge is 0.298 e. The maximum atomic E-state index is 12.8. The van der Waals surface area contributed by atoms with E-state index >= 15 is 0 Å². The Morgan fingerprint density at radius 1 is 1.04 bits per heavy atom. The van der Waals surface area contributed by atoms with Crippen molar-refractivity contribution in [2.24, 2.45) is 0 Å². The van der Waals surface area contributed by atoms with E-state index in [1.54, 1.807) is 4.90 Å². The second-order valence-corrected chi connectivity index (χ2v) is 6.45. The average Bonchev–Trinajstić information content (AvgIpc) is 3.44. The number of carbonyl (C=O) groups is 1. The molecule has 0 unspecified atom stereocenters. The van der Waals surface area contributed by atoms with Gasteiger partial charge in [0, 0.05) is 26.2 Å². The molecule has 28 heavy (non-hydrogen) atoms. The second kappa shape index (κ2) is 6.76. The fourth-order valence-electron chi connectivity index (χ4n) is 3.22. The first kappa shape index (κ1) is 16.4. The second-order valence-electron chi connectivity index (χ2n) is 6.45. The molecule has 1 N–H and O–H groups in total. The average molecular weight is 379 g/mol. The molecular formula is C17H17N9O2. The normalized spacial score (nSPS) is 15.1. The van der Waals surface area contributed by atoms with Gasteiger partial charge < -0.3 is 14.2 Å². The number of para-hydroxylation sites is 2. The van der Waals surface area contributed by atoms with Gasteiger partial charge in [-0.25, -0.2) is 0 Å². The molecule has 5 rings (SSSR count). The van der Waals surface area contributed by atoms with Crippen LogP contribution in [-0.2, 0) is 0 Å². The molecular weight excluding hydrogens is 362 g/mol. The molecule has 0 aliphatic carbocycles. The molecule has 1 amide bonds. The molecule has 0 bridgehead atoms. The molecule has 4 heterocycles. The Morgan fingerprint density at radius 3 is 2.75 bits per heavy atom. The summed E-state index contributed by atoms with van der Waals surface area (Å²) in [5, 5.41) is 14.2. The van der Waals surface area contributed by atoms with E-state index in [9.17, 15) is 4.79 Å². The van der Waals surface area contributed by atoms with E-state index in [1.165, 1.54) is 17.2 Å². The SMILES string of the molecule is O=C(c1nc(-n2cnnc2)n[nH]1)N1CCCN(c2nc3ccccc3o2)CC1. The first-order chi connectivity index (χ1) is 13.8. The molecule has 0 atom stereocenters. The predicted molar refractivity (Wildman–Crippen MR) is 98.0 cm³/mol. The van der Waals surface area contributed by atoms with Gasteiger partial charge in [-0.1, -0.05) is 12.1 Å². The van der Waals surface area contributed by atoms with Crippen molar-refractivity contribution in [3.05, 3.63) is 42.7 Å². The summed E-state index contributed by atoms with van der Waals surface area (Å²) in [4.78, 5) is 25.4. The number of fused-ring (bicyclic) bond motifs is 1. The summed E-state index contributed by atoms with van der Waals surface area (Å²) >= 11 is 0. The first-order valence-electron chi connectivity index (χ1n) is 8.95. The summed E-state index contributed by atoms with van der Waals surface area (Å²) in [5.74, 6) is 0.335. The summed E-state index contributed by atoms with van der Waals surface area (Å²) in [7, 11) is 0. The topological polar surface area (TPSA) is 122 Å². The zero-order valence-electron chi connectivity index (χ0n) is 14.9. The number of carbonyl (C=O) groups excluding carboxylic acids is 1. The molecule has 1 saturated heterocycles. The lowest BCUT2D eigenvalue weighted by molar-refractivity contribution is 0.0755. The summed E-state index contributed by atoms with van der Waals surface area (Å²) in [6.07, 6.45) is 3.75. The Kier molecular flexibility index (Phi) is 3.96. The highest BCUT2D eigenvalue weighted by Gasteiger charge is 2.25. The van der Waals surface area contributed by atoms with Crippen molar-refractivity contribution in [2.75, 3.05) is 31.1 Å². The van der Waals surface area contributed by atoms with Crippen LogP contribution in [0.3, 0.4) is 0 Å². The fourth-order valence-corrected chi connectivity index (χ4v) is 3.22. The lowest BCUT2D eigenvalue weighted by Gasteiger charge is -2.20. The molecule has 1 aromatic carbocycles. The Morgan fingerprint density at radius 2 is 1.89 bits per heavy atom. The molecule has 0 radical (unpaired) electrons. The van der Waals surface area contributed by atoms with Crippen molar-refractivity contribution in [1.82, 2.24) is 39.8 Å². The van der Waals surface area contributed by atoms with Gasteiger partial charge in [0.05, 0.1) is 0 Å². The van der Waals surface area contributed by atoms with Crippen LogP contribution in [0.4, 0.5) is 6.01 Å². The molecule has 11 nitrogen and oxygen atoms in total. The van der Waals surface area contributed by atoms with E-state index in [1.807, 2.05) is 24.3 Å². The maximum Gasteiger partial charge on any atom is 0.298 e. The highest BCUT2D eigenvalue weighted by molar-refractivity contribution is 5.90. The Bertz CT molecular complexity index is 1070. The quantitative estimate of drug-likeness (QED) is 0.557. The van der Waals surface area contributed by atoms with Crippen LogP contribution in [0.15, 0.2) is 41.3 Å². The molecule has 1 aliphatic rings. The lowest BCUT2D eigenvalue weighted by Crippen LogP contribution is -2.35. The molecule has 3 aromatic heterocycles. The summed E-state index contributed by atoms with van der Waals surface area (Å²) < 4.78 is 7.39. The van der Waals surface area contributed by atoms with Gasteiger partial charge in [0.2, 0.25) is 5.82 Å². The zero-order valence-corrected chi connectivity index (χ0v) is 14.9. The van der Waals surface area contributed by atoms with Gasteiger partial charge in [-0.05, 0) is 18.6 Å². The molecule has 11 heteroatoms. The predicted octanol–water partition coefficient (Wildman–Crippen LogP) is 0.879. The van der Waals surface area contributed by atoms with Crippen molar-refractivity contribution in [1.29, 1.82) is 0 Å². The number of aromatic nitrogens is 7.